The van der Waals surface area contributed by atoms with Gasteiger partial charge in [0.15, 0.2) is 0 Å². The summed E-state index contributed by atoms with van der Waals surface area (Å²) < 4.78 is 0. The average Bonchev–Trinajstić information content (AvgIpc) is 2.19. The van der Waals surface area contributed by atoms with E-state index in [9.17, 15) is 0 Å². The highest BCUT2D eigenvalue weighted by atomic mass is 15.5. The maximum absolute atomic E-state index is 5.20. The first kappa shape index (κ1) is 9.73. The van der Waals surface area contributed by atoms with E-state index >= 15 is 0 Å². The van der Waals surface area contributed by atoms with Crippen LogP contribution >= 0.6 is 0 Å². The van der Waals surface area contributed by atoms with Crippen molar-refractivity contribution in [3.05, 3.63) is 24.0 Å². The minimum atomic E-state index is 1.13. The molecule has 2 nitrogen and oxygen atoms in total. The van der Waals surface area contributed by atoms with Crippen LogP contribution in [-0.2, 0) is 0 Å². The minimum absolute atomic E-state index is 1.13. The first-order chi connectivity index (χ1) is 6.36. The average molecular weight is 176 g/mol. The third-order valence-corrected chi connectivity index (χ3v) is 2.03. The summed E-state index contributed by atoms with van der Waals surface area (Å²) >= 11 is 0. The molecule has 2 heteroatoms. The molecule has 0 saturated heterocycles. The van der Waals surface area contributed by atoms with Crippen molar-refractivity contribution in [2.24, 2.45) is 0 Å². The first-order valence-electron chi connectivity index (χ1n) is 4.75. The number of unbranched alkanes of at least 4 members (excludes halogenated alkanes) is 2. The number of terminal acetylenes is 1. The Morgan fingerprint density at radius 1 is 1.54 bits per heavy atom. The molecule has 0 aliphatic carbocycles. The molecule has 0 amide bonds. The van der Waals surface area contributed by atoms with E-state index in [1.807, 2.05) is 12.4 Å². The van der Waals surface area contributed by atoms with E-state index in [2.05, 4.69) is 24.5 Å². The first-order valence-corrected chi connectivity index (χ1v) is 4.75. The Labute approximate surface area is 80.3 Å². The molecule has 0 atom stereocenters. The smallest absolute Gasteiger partial charge is 0.0365 e. The molecule has 0 bridgehead atoms. The van der Waals surface area contributed by atoms with Gasteiger partial charge in [-0.2, -0.15) is 0 Å². The summed E-state index contributed by atoms with van der Waals surface area (Å²) in [6.07, 6.45) is 16.1. The summed E-state index contributed by atoms with van der Waals surface area (Å²) in [5.74, 6) is 0. The SMILES string of the molecule is C#CN1C=CC(CCCCC)=CN1. The van der Waals surface area contributed by atoms with Gasteiger partial charge in [0.2, 0.25) is 0 Å². The van der Waals surface area contributed by atoms with Crippen molar-refractivity contribution in [3.63, 3.8) is 0 Å². The fourth-order valence-corrected chi connectivity index (χ4v) is 1.23. The number of allylic oxidation sites excluding steroid dienone is 2. The number of nitrogens with one attached hydrogen (secondary N) is 1. The lowest BCUT2D eigenvalue weighted by atomic mass is 10.1. The van der Waals surface area contributed by atoms with Crippen LogP contribution in [0.2, 0.25) is 0 Å². The molecule has 1 rings (SSSR count). The molecule has 0 fully saturated rings. The fourth-order valence-electron chi connectivity index (χ4n) is 1.23. The van der Waals surface area contributed by atoms with Crippen molar-refractivity contribution in [3.8, 4) is 12.5 Å². The van der Waals surface area contributed by atoms with Gasteiger partial charge in [0.1, 0.15) is 0 Å². The monoisotopic (exact) mass is 176 g/mol. The van der Waals surface area contributed by atoms with Gasteiger partial charge >= 0.3 is 0 Å². The predicted molar refractivity (Wildman–Crippen MR) is 55.2 cm³/mol. The Morgan fingerprint density at radius 3 is 2.92 bits per heavy atom. The van der Waals surface area contributed by atoms with Crippen LogP contribution in [0, 0.1) is 12.5 Å². The molecule has 70 valence electrons. The number of rotatable bonds is 4. The molecule has 0 spiro atoms. The lowest BCUT2D eigenvalue weighted by molar-refractivity contribution is 0.448. The molecule has 0 saturated carbocycles. The van der Waals surface area contributed by atoms with E-state index < -0.39 is 0 Å². The van der Waals surface area contributed by atoms with Crippen molar-refractivity contribution in [2.45, 2.75) is 32.6 Å². The third kappa shape index (κ3) is 3.25. The van der Waals surface area contributed by atoms with Crippen LogP contribution in [0.15, 0.2) is 24.0 Å². The van der Waals surface area contributed by atoms with Gasteiger partial charge in [-0.3, -0.25) is 5.43 Å². The van der Waals surface area contributed by atoms with Crippen LogP contribution in [0.5, 0.6) is 0 Å². The van der Waals surface area contributed by atoms with Gasteiger partial charge in [-0.25, -0.2) is 5.01 Å². The minimum Gasteiger partial charge on any atom is -0.294 e. The highest BCUT2D eigenvalue weighted by Gasteiger charge is 2.00. The summed E-state index contributed by atoms with van der Waals surface area (Å²) in [4.78, 5) is 0. The summed E-state index contributed by atoms with van der Waals surface area (Å²) in [6.45, 7) is 2.21. The van der Waals surface area contributed by atoms with Crippen LogP contribution in [-0.4, -0.2) is 5.01 Å². The Kier molecular flexibility index (Phi) is 3.98. The second-order valence-corrected chi connectivity index (χ2v) is 3.12. The van der Waals surface area contributed by atoms with Crippen molar-refractivity contribution in [1.82, 2.24) is 10.4 Å². The summed E-state index contributed by atoms with van der Waals surface area (Å²) in [7, 11) is 0. The molecule has 13 heavy (non-hydrogen) atoms. The van der Waals surface area contributed by atoms with E-state index in [0.29, 0.717) is 0 Å². The zero-order valence-electron chi connectivity index (χ0n) is 8.09. The van der Waals surface area contributed by atoms with Gasteiger partial charge in [0.25, 0.3) is 0 Å². The number of nitrogens with zero attached hydrogens (tertiary/aromatic N) is 1. The number of hydrazine groups is 1. The molecule has 1 aliphatic rings. The molecule has 0 aromatic carbocycles. The lowest BCUT2D eigenvalue weighted by Gasteiger charge is -2.17. The molecule has 1 heterocycles. The molecule has 0 aromatic rings. The normalized spacial score (nSPS) is 14.8. The quantitative estimate of drug-likeness (QED) is 0.522. The van der Waals surface area contributed by atoms with Crippen molar-refractivity contribution in [1.29, 1.82) is 0 Å². The molecular weight excluding hydrogens is 160 g/mol. The van der Waals surface area contributed by atoms with E-state index in [1.54, 1.807) is 5.01 Å². The van der Waals surface area contributed by atoms with E-state index in [-0.39, 0.29) is 0 Å². The molecule has 0 aromatic heterocycles. The lowest BCUT2D eigenvalue weighted by Crippen LogP contribution is -2.26. The van der Waals surface area contributed by atoms with Crippen LogP contribution in [0.1, 0.15) is 32.6 Å². The van der Waals surface area contributed by atoms with Crippen molar-refractivity contribution < 1.29 is 0 Å². The predicted octanol–water partition coefficient (Wildman–Crippen LogP) is 2.38. The van der Waals surface area contributed by atoms with E-state index in [4.69, 9.17) is 6.42 Å². The maximum Gasteiger partial charge on any atom is 0.0365 e. The van der Waals surface area contributed by atoms with Crippen molar-refractivity contribution in [2.75, 3.05) is 0 Å². The summed E-state index contributed by atoms with van der Waals surface area (Å²) in [5, 5.41) is 1.60. The summed E-state index contributed by atoms with van der Waals surface area (Å²) in [6, 6.07) is 2.48. The highest BCUT2D eigenvalue weighted by Crippen LogP contribution is 2.11. The Hall–Kier alpha value is -1.36. The second-order valence-electron chi connectivity index (χ2n) is 3.12. The van der Waals surface area contributed by atoms with Gasteiger partial charge in [-0.1, -0.05) is 26.2 Å². The van der Waals surface area contributed by atoms with Crippen molar-refractivity contribution >= 4 is 0 Å². The van der Waals surface area contributed by atoms with Gasteiger partial charge in [0.05, 0.1) is 0 Å². The molecule has 0 radical (unpaired) electrons. The highest BCUT2D eigenvalue weighted by molar-refractivity contribution is 5.21. The largest absolute Gasteiger partial charge is 0.294 e. The molecular formula is C11H16N2. The number of hydrogen-bond donors (Lipinski definition) is 1. The van der Waals surface area contributed by atoms with Gasteiger partial charge < -0.3 is 0 Å². The molecule has 1 aliphatic heterocycles. The second kappa shape index (κ2) is 5.31. The molecule has 1 N–H and O–H groups in total. The molecule has 0 unspecified atom stereocenters. The van der Waals surface area contributed by atoms with Crippen LogP contribution < -0.4 is 5.43 Å². The number of hydrogen-bond acceptors (Lipinski definition) is 2. The van der Waals surface area contributed by atoms with Crippen LogP contribution in [0.3, 0.4) is 0 Å². The standard InChI is InChI=1S/C11H16N2/c1-3-5-6-7-11-8-9-13(4-2)12-10-11/h2,8-10,12H,3,5-7H2,1H3. The topological polar surface area (TPSA) is 15.3 Å². The fraction of sp³-hybridized carbons (Fsp3) is 0.455. The Morgan fingerprint density at radius 2 is 2.38 bits per heavy atom. The van der Waals surface area contributed by atoms with Crippen LogP contribution in [0.25, 0.3) is 0 Å². The van der Waals surface area contributed by atoms with E-state index in [1.165, 1.54) is 24.8 Å². The van der Waals surface area contributed by atoms with Crippen LogP contribution in [0.4, 0.5) is 0 Å². The third-order valence-electron chi connectivity index (χ3n) is 2.03. The van der Waals surface area contributed by atoms with Gasteiger partial charge in [-0.15, -0.1) is 0 Å². The van der Waals surface area contributed by atoms with Gasteiger partial charge in [-0.05, 0) is 24.5 Å². The van der Waals surface area contributed by atoms with E-state index in [0.717, 1.165) is 6.42 Å². The zero-order valence-corrected chi connectivity index (χ0v) is 8.09. The summed E-state index contributed by atoms with van der Waals surface area (Å²) in [5.41, 5.74) is 4.31. The maximum atomic E-state index is 5.20. The van der Waals surface area contributed by atoms with Gasteiger partial charge in [0, 0.05) is 18.4 Å². The Bertz CT molecular complexity index is 245. The Balaban J connectivity index is 2.27. The zero-order chi connectivity index (χ0) is 9.52.